The molecule has 0 fully saturated rings. The minimum absolute atomic E-state index is 0.499. The molecule has 0 aromatic carbocycles. The predicted molar refractivity (Wildman–Crippen MR) is 49.9 cm³/mol. The summed E-state index contributed by atoms with van der Waals surface area (Å²) in [4.78, 5) is 0. The molecular weight excluding hydrogens is 166 g/mol. The van der Waals surface area contributed by atoms with E-state index in [0.29, 0.717) is 10.3 Å². The van der Waals surface area contributed by atoms with Crippen LogP contribution in [0.2, 0.25) is 0 Å². The molecule has 0 aliphatic rings. The Hall–Kier alpha value is -1.09. The average Bonchev–Trinajstić information content (AvgIpc) is 2.14. The topological polar surface area (TPSA) is 47.2 Å². The second-order valence-corrected chi connectivity index (χ2v) is 3.16. The Bertz CT molecular complexity index is 263. The fourth-order valence-electron chi connectivity index (χ4n) is 1.23. The van der Waals surface area contributed by atoms with Gasteiger partial charge in [0.2, 0.25) is 0 Å². The van der Waals surface area contributed by atoms with Crippen molar-refractivity contribution in [2.45, 2.75) is 32.3 Å². The van der Waals surface area contributed by atoms with E-state index in [0.717, 1.165) is 19.3 Å². The van der Waals surface area contributed by atoms with Crippen molar-refractivity contribution in [2.24, 2.45) is 0 Å². The zero-order valence-corrected chi connectivity index (χ0v) is 7.81. The Labute approximate surface area is 78.2 Å². The summed E-state index contributed by atoms with van der Waals surface area (Å²) in [7, 11) is 0. The number of unbranched alkanes of at least 4 members (excludes halogenated alkanes) is 1. The summed E-state index contributed by atoms with van der Waals surface area (Å²) in [6, 6.07) is 3.42. The van der Waals surface area contributed by atoms with Crippen LogP contribution in [-0.2, 0) is 0 Å². The predicted octanol–water partition coefficient (Wildman–Crippen LogP) is 1.54. The Morgan fingerprint density at radius 1 is 1.62 bits per heavy atom. The molecule has 13 heavy (non-hydrogen) atoms. The fourth-order valence-corrected chi connectivity index (χ4v) is 1.23. The van der Waals surface area contributed by atoms with Gasteiger partial charge in [0.05, 0.1) is 6.10 Å². The van der Waals surface area contributed by atoms with E-state index < -0.39 is 6.10 Å². The molecule has 72 valence electrons. The minimum Gasteiger partial charge on any atom is -0.619 e. The fraction of sp³-hybridized carbons (Fsp3) is 0.500. The summed E-state index contributed by atoms with van der Waals surface area (Å²) in [6.07, 6.45) is 5.09. The van der Waals surface area contributed by atoms with Crippen molar-refractivity contribution in [1.82, 2.24) is 0 Å². The highest BCUT2D eigenvalue weighted by Crippen LogP contribution is 2.16. The van der Waals surface area contributed by atoms with Crippen molar-refractivity contribution in [1.29, 1.82) is 0 Å². The van der Waals surface area contributed by atoms with Gasteiger partial charge in [0.15, 0.2) is 12.4 Å². The van der Waals surface area contributed by atoms with E-state index in [4.69, 9.17) is 0 Å². The van der Waals surface area contributed by atoms with Crippen LogP contribution in [0.25, 0.3) is 0 Å². The SMILES string of the molecule is CCCC[C@@H](O)c1ccc[n+]([O-])c1. The van der Waals surface area contributed by atoms with E-state index in [9.17, 15) is 10.3 Å². The van der Waals surface area contributed by atoms with Crippen LogP contribution in [0.1, 0.15) is 37.9 Å². The van der Waals surface area contributed by atoms with E-state index in [1.54, 1.807) is 12.1 Å². The highest BCUT2D eigenvalue weighted by molar-refractivity contribution is 5.08. The van der Waals surface area contributed by atoms with Crippen LogP contribution in [-0.4, -0.2) is 5.11 Å². The highest BCUT2D eigenvalue weighted by atomic mass is 16.5. The Balaban J connectivity index is 2.60. The molecule has 3 nitrogen and oxygen atoms in total. The maximum atomic E-state index is 10.9. The first kappa shape index (κ1) is 9.99. The third kappa shape index (κ3) is 3.03. The van der Waals surface area contributed by atoms with Crippen molar-refractivity contribution in [3.63, 3.8) is 0 Å². The monoisotopic (exact) mass is 181 g/mol. The summed E-state index contributed by atoms with van der Waals surface area (Å²) < 4.78 is 0.713. The van der Waals surface area contributed by atoms with Crippen LogP contribution in [0.3, 0.4) is 0 Å². The maximum Gasteiger partial charge on any atom is 0.186 e. The molecule has 1 aromatic heterocycles. The molecule has 1 heterocycles. The summed E-state index contributed by atoms with van der Waals surface area (Å²) in [5, 5.41) is 20.5. The second kappa shape index (κ2) is 4.82. The zero-order valence-electron chi connectivity index (χ0n) is 7.81. The number of hydrogen-bond acceptors (Lipinski definition) is 2. The molecule has 0 aliphatic carbocycles. The molecule has 0 bridgehead atoms. The molecule has 1 N–H and O–H groups in total. The Morgan fingerprint density at radius 3 is 3.00 bits per heavy atom. The first-order valence-corrected chi connectivity index (χ1v) is 4.61. The lowest BCUT2D eigenvalue weighted by Gasteiger charge is -2.08. The smallest absolute Gasteiger partial charge is 0.186 e. The van der Waals surface area contributed by atoms with Crippen molar-refractivity contribution in [3.8, 4) is 0 Å². The first-order valence-electron chi connectivity index (χ1n) is 4.61. The van der Waals surface area contributed by atoms with E-state index in [1.807, 2.05) is 0 Å². The average molecular weight is 181 g/mol. The van der Waals surface area contributed by atoms with Crippen LogP contribution in [0.4, 0.5) is 0 Å². The maximum absolute atomic E-state index is 10.9. The third-order valence-corrected chi connectivity index (χ3v) is 2.01. The Morgan fingerprint density at radius 2 is 2.38 bits per heavy atom. The van der Waals surface area contributed by atoms with E-state index in [2.05, 4.69) is 6.92 Å². The number of pyridine rings is 1. The molecule has 0 amide bonds. The standard InChI is InChI=1S/C10H15NO2/c1-2-3-6-10(12)9-5-4-7-11(13)8-9/h4-5,7-8,10,12H,2-3,6H2,1H3/t10-/m1/s1. The molecule has 0 saturated carbocycles. The zero-order chi connectivity index (χ0) is 9.68. The molecule has 1 aromatic rings. The van der Waals surface area contributed by atoms with Gasteiger partial charge in [-0.2, -0.15) is 4.73 Å². The van der Waals surface area contributed by atoms with Gasteiger partial charge < -0.3 is 10.3 Å². The van der Waals surface area contributed by atoms with Crippen molar-refractivity contribution < 1.29 is 9.84 Å². The summed E-state index contributed by atoms with van der Waals surface area (Å²) in [5.74, 6) is 0. The van der Waals surface area contributed by atoms with Gasteiger partial charge in [0.1, 0.15) is 0 Å². The number of aliphatic hydroxyl groups excluding tert-OH is 1. The molecule has 0 spiro atoms. The van der Waals surface area contributed by atoms with Crippen molar-refractivity contribution in [2.75, 3.05) is 0 Å². The lowest BCUT2D eigenvalue weighted by Crippen LogP contribution is -2.25. The molecule has 0 radical (unpaired) electrons. The molecule has 0 unspecified atom stereocenters. The van der Waals surface area contributed by atoms with Gasteiger partial charge >= 0.3 is 0 Å². The Kier molecular flexibility index (Phi) is 3.71. The third-order valence-electron chi connectivity index (χ3n) is 2.01. The van der Waals surface area contributed by atoms with Crippen LogP contribution < -0.4 is 4.73 Å². The van der Waals surface area contributed by atoms with E-state index in [1.165, 1.54) is 12.4 Å². The van der Waals surface area contributed by atoms with Crippen molar-refractivity contribution in [3.05, 3.63) is 35.3 Å². The lowest BCUT2D eigenvalue weighted by atomic mass is 10.1. The molecule has 3 heteroatoms. The van der Waals surface area contributed by atoms with Crippen LogP contribution in [0.15, 0.2) is 24.5 Å². The second-order valence-electron chi connectivity index (χ2n) is 3.16. The number of rotatable bonds is 4. The largest absolute Gasteiger partial charge is 0.619 e. The highest BCUT2D eigenvalue weighted by Gasteiger charge is 2.08. The number of aliphatic hydroxyl groups is 1. The van der Waals surface area contributed by atoms with Gasteiger partial charge in [-0.3, -0.25) is 0 Å². The first-order chi connectivity index (χ1) is 6.24. The number of nitrogens with zero attached hydrogens (tertiary/aromatic N) is 1. The number of aromatic nitrogens is 1. The molecule has 1 rings (SSSR count). The van der Waals surface area contributed by atoms with Crippen LogP contribution in [0, 0.1) is 5.21 Å². The van der Waals surface area contributed by atoms with Gasteiger partial charge in [-0.05, 0) is 12.5 Å². The molecule has 1 atom stereocenters. The molecular formula is C10H15NO2. The summed E-state index contributed by atoms with van der Waals surface area (Å²) in [5.41, 5.74) is 0.700. The number of hydrogen-bond donors (Lipinski definition) is 1. The van der Waals surface area contributed by atoms with Gasteiger partial charge in [0, 0.05) is 11.6 Å². The lowest BCUT2D eigenvalue weighted by molar-refractivity contribution is -0.606. The van der Waals surface area contributed by atoms with Gasteiger partial charge in [0.25, 0.3) is 0 Å². The minimum atomic E-state index is -0.499. The van der Waals surface area contributed by atoms with Gasteiger partial charge in [-0.1, -0.05) is 19.8 Å². The van der Waals surface area contributed by atoms with Crippen LogP contribution >= 0.6 is 0 Å². The van der Waals surface area contributed by atoms with Crippen molar-refractivity contribution >= 4 is 0 Å². The van der Waals surface area contributed by atoms with E-state index >= 15 is 0 Å². The van der Waals surface area contributed by atoms with Gasteiger partial charge in [-0.15, -0.1) is 0 Å². The van der Waals surface area contributed by atoms with Gasteiger partial charge in [-0.25, -0.2) is 0 Å². The summed E-state index contributed by atoms with van der Waals surface area (Å²) >= 11 is 0. The van der Waals surface area contributed by atoms with Crippen LogP contribution in [0.5, 0.6) is 0 Å². The van der Waals surface area contributed by atoms with E-state index in [-0.39, 0.29) is 0 Å². The molecule has 0 aliphatic heterocycles. The normalized spacial score (nSPS) is 12.8. The summed E-state index contributed by atoms with van der Waals surface area (Å²) in [6.45, 7) is 2.07. The quantitative estimate of drug-likeness (QED) is 0.565. The molecule has 0 saturated heterocycles.